The summed E-state index contributed by atoms with van der Waals surface area (Å²) in [5, 5.41) is 0. The first-order valence-corrected chi connectivity index (χ1v) is 6.41. The standard InChI is InChI=1S/C14H16N2O3/c1-10(17)15-7-12-13(8-15)19-9-14(18)16(12)11-5-3-2-4-6-11/h2-6,12-13H,7-9H2,1H3/t12-,13+/m1/s1. The Kier molecular flexibility index (Phi) is 2.98. The second-order valence-corrected chi connectivity index (χ2v) is 4.94. The molecular weight excluding hydrogens is 244 g/mol. The number of benzene rings is 1. The van der Waals surface area contributed by atoms with Gasteiger partial charge in [-0.15, -0.1) is 0 Å². The number of carbonyl (C=O) groups is 2. The molecule has 0 bridgehead atoms. The summed E-state index contributed by atoms with van der Waals surface area (Å²) in [6, 6.07) is 9.48. The van der Waals surface area contributed by atoms with Crippen LogP contribution in [0.1, 0.15) is 6.92 Å². The second-order valence-electron chi connectivity index (χ2n) is 4.94. The van der Waals surface area contributed by atoms with E-state index in [1.165, 1.54) is 0 Å². The first-order chi connectivity index (χ1) is 9.16. The van der Waals surface area contributed by atoms with Gasteiger partial charge >= 0.3 is 0 Å². The predicted octanol–water partition coefficient (Wildman–Crippen LogP) is 0.649. The van der Waals surface area contributed by atoms with Gasteiger partial charge in [-0.2, -0.15) is 0 Å². The van der Waals surface area contributed by atoms with E-state index in [-0.39, 0.29) is 30.6 Å². The first-order valence-electron chi connectivity index (χ1n) is 6.41. The van der Waals surface area contributed by atoms with Gasteiger partial charge in [0.05, 0.1) is 12.1 Å². The Morgan fingerprint density at radius 3 is 2.68 bits per heavy atom. The van der Waals surface area contributed by atoms with Crippen LogP contribution in [0.5, 0.6) is 0 Å². The summed E-state index contributed by atoms with van der Waals surface area (Å²) in [6.45, 7) is 2.74. The number of para-hydroxylation sites is 1. The van der Waals surface area contributed by atoms with Gasteiger partial charge in [-0.3, -0.25) is 9.59 Å². The van der Waals surface area contributed by atoms with Crippen molar-refractivity contribution in [3.8, 4) is 0 Å². The van der Waals surface area contributed by atoms with Crippen LogP contribution in [0.25, 0.3) is 0 Å². The molecule has 3 rings (SSSR count). The van der Waals surface area contributed by atoms with Gasteiger partial charge in [-0.1, -0.05) is 18.2 Å². The Hall–Kier alpha value is -1.88. The highest BCUT2D eigenvalue weighted by atomic mass is 16.5. The molecule has 2 aliphatic heterocycles. The van der Waals surface area contributed by atoms with Crippen molar-refractivity contribution in [2.45, 2.75) is 19.1 Å². The molecule has 0 unspecified atom stereocenters. The Labute approximate surface area is 111 Å². The van der Waals surface area contributed by atoms with Crippen molar-refractivity contribution >= 4 is 17.5 Å². The number of likely N-dealkylation sites (tertiary alicyclic amines) is 1. The number of carbonyl (C=O) groups excluding carboxylic acids is 2. The zero-order valence-electron chi connectivity index (χ0n) is 10.8. The van der Waals surface area contributed by atoms with Crippen molar-refractivity contribution in [2.75, 3.05) is 24.6 Å². The molecule has 0 saturated carbocycles. The van der Waals surface area contributed by atoms with Crippen molar-refractivity contribution in [1.29, 1.82) is 0 Å². The second kappa shape index (κ2) is 4.66. The Balaban J connectivity index is 1.90. The van der Waals surface area contributed by atoms with E-state index < -0.39 is 0 Å². The molecule has 2 saturated heterocycles. The van der Waals surface area contributed by atoms with Crippen LogP contribution in [0.2, 0.25) is 0 Å². The van der Waals surface area contributed by atoms with Crippen molar-refractivity contribution in [3.05, 3.63) is 30.3 Å². The van der Waals surface area contributed by atoms with Crippen LogP contribution < -0.4 is 4.90 Å². The maximum absolute atomic E-state index is 12.1. The molecule has 1 aromatic carbocycles. The fourth-order valence-electron chi connectivity index (χ4n) is 2.78. The van der Waals surface area contributed by atoms with E-state index in [1.54, 1.807) is 16.7 Å². The molecule has 2 atom stereocenters. The predicted molar refractivity (Wildman–Crippen MR) is 69.7 cm³/mol. The molecule has 2 amide bonds. The van der Waals surface area contributed by atoms with Gasteiger partial charge in [-0.25, -0.2) is 0 Å². The molecular formula is C14H16N2O3. The third kappa shape index (κ3) is 2.10. The lowest BCUT2D eigenvalue weighted by Crippen LogP contribution is -2.54. The van der Waals surface area contributed by atoms with Crippen LogP contribution in [-0.4, -0.2) is 48.6 Å². The number of hydrogen-bond acceptors (Lipinski definition) is 3. The number of fused-ring (bicyclic) bond motifs is 1. The molecule has 2 fully saturated rings. The van der Waals surface area contributed by atoms with Crippen LogP contribution in [-0.2, 0) is 14.3 Å². The first kappa shape index (κ1) is 12.2. The van der Waals surface area contributed by atoms with Crippen LogP contribution >= 0.6 is 0 Å². The molecule has 100 valence electrons. The average Bonchev–Trinajstić information content (AvgIpc) is 2.83. The van der Waals surface area contributed by atoms with Gasteiger partial charge in [0, 0.05) is 25.7 Å². The normalized spacial score (nSPS) is 26.5. The molecule has 5 heteroatoms. The minimum Gasteiger partial charge on any atom is -0.364 e. The molecule has 2 heterocycles. The summed E-state index contributed by atoms with van der Waals surface area (Å²) in [6.07, 6.45) is -0.0817. The molecule has 5 nitrogen and oxygen atoms in total. The quantitative estimate of drug-likeness (QED) is 0.745. The van der Waals surface area contributed by atoms with E-state index in [4.69, 9.17) is 4.74 Å². The van der Waals surface area contributed by atoms with Gasteiger partial charge in [-0.05, 0) is 12.1 Å². The van der Waals surface area contributed by atoms with Gasteiger partial charge in [0.25, 0.3) is 5.91 Å². The highest BCUT2D eigenvalue weighted by Crippen LogP contribution is 2.28. The highest BCUT2D eigenvalue weighted by Gasteiger charge is 2.44. The summed E-state index contributed by atoms with van der Waals surface area (Å²) >= 11 is 0. The van der Waals surface area contributed by atoms with Gasteiger partial charge in [0.15, 0.2) is 0 Å². The van der Waals surface area contributed by atoms with E-state index in [0.29, 0.717) is 13.1 Å². The molecule has 0 N–H and O–H groups in total. The summed E-state index contributed by atoms with van der Waals surface area (Å²) in [7, 11) is 0. The minimum absolute atomic E-state index is 0.0264. The van der Waals surface area contributed by atoms with Gasteiger partial charge in [0.2, 0.25) is 5.91 Å². The SMILES string of the molecule is CC(=O)N1C[C@@H]2OCC(=O)N(c3ccccc3)[C@@H]2C1. The summed E-state index contributed by atoms with van der Waals surface area (Å²) in [4.78, 5) is 27.1. The van der Waals surface area contributed by atoms with E-state index >= 15 is 0 Å². The average molecular weight is 260 g/mol. The maximum Gasteiger partial charge on any atom is 0.253 e. The fraction of sp³-hybridized carbons (Fsp3) is 0.429. The lowest BCUT2D eigenvalue weighted by molar-refractivity contribution is -0.130. The molecule has 0 aliphatic carbocycles. The molecule has 0 aromatic heterocycles. The molecule has 0 spiro atoms. The van der Waals surface area contributed by atoms with Crippen molar-refractivity contribution < 1.29 is 14.3 Å². The Bertz CT molecular complexity index is 503. The van der Waals surface area contributed by atoms with Crippen LogP contribution in [0.4, 0.5) is 5.69 Å². The van der Waals surface area contributed by atoms with Crippen LogP contribution in [0, 0.1) is 0 Å². The number of amides is 2. The lowest BCUT2D eigenvalue weighted by atomic mass is 10.1. The highest BCUT2D eigenvalue weighted by molar-refractivity contribution is 5.96. The molecule has 1 aromatic rings. The number of hydrogen-bond donors (Lipinski definition) is 0. The monoisotopic (exact) mass is 260 g/mol. The third-order valence-electron chi connectivity index (χ3n) is 3.74. The van der Waals surface area contributed by atoms with Crippen LogP contribution in [0.3, 0.4) is 0 Å². The van der Waals surface area contributed by atoms with Crippen molar-refractivity contribution in [1.82, 2.24) is 4.90 Å². The fourth-order valence-corrected chi connectivity index (χ4v) is 2.78. The Morgan fingerprint density at radius 1 is 1.26 bits per heavy atom. The largest absolute Gasteiger partial charge is 0.364 e. The Morgan fingerprint density at radius 2 is 2.00 bits per heavy atom. The smallest absolute Gasteiger partial charge is 0.253 e. The zero-order chi connectivity index (χ0) is 13.4. The number of morpholine rings is 1. The summed E-state index contributed by atoms with van der Waals surface area (Å²) in [5.41, 5.74) is 0.871. The van der Waals surface area contributed by atoms with E-state index in [1.807, 2.05) is 30.3 Å². The van der Waals surface area contributed by atoms with Crippen molar-refractivity contribution in [3.63, 3.8) is 0 Å². The molecule has 19 heavy (non-hydrogen) atoms. The summed E-state index contributed by atoms with van der Waals surface area (Å²) < 4.78 is 5.56. The third-order valence-corrected chi connectivity index (χ3v) is 3.74. The van der Waals surface area contributed by atoms with E-state index in [9.17, 15) is 9.59 Å². The van der Waals surface area contributed by atoms with Crippen molar-refractivity contribution in [2.24, 2.45) is 0 Å². The van der Waals surface area contributed by atoms with Gasteiger partial charge in [0.1, 0.15) is 6.61 Å². The summed E-state index contributed by atoms with van der Waals surface area (Å²) in [5.74, 6) is -0.0173. The number of ether oxygens (including phenoxy) is 1. The number of rotatable bonds is 1. The van der Waals surface area contributed by atoms with E-state index in [0.717, 1.165) is 5.69 Å². The topological polar surface area (TPSA) is 49.9 Å². The molecule has 0 radical (unpaired) electrons. The minimum atomic E-state index is -0.0817. The number of nitrogens with zero attached hydrogens (tertiary/aromatic N) is 2. The lowest BCUT2D eigenvalue weighted by Gasteiger charge is -2.36. The van der Waals surface area contributed by atoms with Crippen LogP contribution in [0.15, 0.2) is 30.3 Å². The van der Waals surface area contributed by atoms with E-state index in [2.05, 4.69) is 0 Å². The molecule has 2 aliphatic rings. The zero-order valence-corrected chi connectivity index (χ0v) is 10.8. The number of anilines is 1. The van der Waals surface area contributed by atoms with Gasteiger partial charge < -0.3 is 14.5 Å². The maximum atomic E-state index is 12.1.